The van der Waals surface area contributed by atoms with E-state index in [0.717, 1.165) is 11.3 Å². The number of hydrogen-bond acceptors (Lipinski definition) is 3. The Kier molecular flexibility index (Phi) is 2.06. The van der Waals surface area contributed by atoms with E-state index in [1.54, 1.807) is 17.2 Å². The van der Waals surface area contributed by atoms with E-state index in [-0.39, 0.29) is 6.61 Å². The van der Waals surface area contributed by atoms with Crippen LogP contribution in [-0.2, 0) is 6.61 Å². The Hall–Kier alpha value is -1.68. The Labute approximate surface area is 75.5 Å². The van der Waals surface area contributed by atoms with Gasteiger partial charge in [0.2, 0.25) is 0 Å². The molecule has 4 nitrogen and oxygen atoms in total. The molecule has 0 saturated carbocycles. The third-order valence-electron chi connectivity index (χ3n) is 1.86. The maximum absolute atomic E-state index is 9.06. The van der Waals surface area contributed by atoms with Crippen molar-refractivity contribution in [1.82, 2.24) is 14.8 Å². The van der Waals surface area contributed by atoms with Crippen molar-refractivity contribution in [3.63, 3.8) is 0 Å². The molecule has 1 aromatic heterocycles. The average Bonchev–Trinajstić information content (AvgIpc) is 2.70. The smallest absolute Gasteiger partial charge is 0.123 e. The second kappa shape index (κ2) is 3.37. The summed E-state index contributed by atoms with van der Waals surface area (Å²) in [6, 6.07) is 7.58. The number of rotatable bonds is 2. The third-order valence-corrected chi connectivity index (χ3v) is 1.86. The second-order valence-electron chi connectivity index (χ2n) is 2.66. The van der Waals surface area contributed by atoms with Gasteiger partial charge in [-0.2, -0.15) is 0 Å². The zero-order valence-corrected chi connectivity index (χ0v) is 6.96. The summed E-state index contributed by atoms with van der Waals surface area (Å²) < 4.78 is 1.77. The predicted octanol–water partition coefficient (Wildman–Crippen LogP) is 0.760. The fourth-order valence-electron chi connectivity index (χ4n) is 1.22. The summed E-state index contributed by atoms with van der Waals surface area (Å²) >= 11 is 0. The van der Waals surface area contributed by atoms with Crippen LogP contribution in [0.25, 0.3) is 5.69 Å². The molecule has 2 aromatic rings. The number of aliphatic hydroxyl groups excluding tert-OH is 1. The maximum atomic E-state index is 9.06. The van der Waals surface area contributed by atoms with Gasteiger partial charge in [0.15, 0.2) is 0 Å². The van der Waals surface area contributed by atoms with Crippen molar-refractivity contribution in [2.45, 2.75) is 6.61 Å². The van der Waals surface area contributed by atoms with Gasteiger partial charge in [-0.25, -0.2) is 0 Å². The van der Waals surface area contributed by atoms with Crippen molar-refractivity contribution in [3.8, 4) is 5.69 Å². The monoisotopic (exact) mass is 175 g/mol. The Balaban J connectivity index is 2.51. The second-order valence-corrected chi connectivity index (χ2v) is 2.66. The van der Waals surface area contributed by atoms with E-state index >= 15 is 0 Å². The van der Waals surface area contributed by atoms with E-state index in [2.05, 4.69) is 10.2 Å². The molecule has 66 valence electrons. The first-order valence-electron chi connectivity index (χ1n) is 3.95. The minimum absolute atomic E-state index is 0.0222. The van der Waals surface area contributed by atoms with E-state index in [9.17, 15) is 0 Å². The molecule has 0 radical (unpaired) electrons. The molecule has 0 fully saturated rings. The zero-order valence-electron chi connectivity index (χ0n) is 6.96. The van der Waals surface area contributed by atoms with Crippen LogP contribution in [0.1, 0.15) is 5.56 Å². The standard InChI is InChI=1S/C9H9N3O/c13-5-8-3-1-2-4-9(8)12-6-10-11-7-12/h1-4,6-7,13H,5H2. The van der Waals surface area contributed by atoms with Crippen LogP contribution in [0.4, 0.5) is 0 Å². The summed E-state index contributed by atoms with van der Waals surface area (Å²) in [6.07, 6.45) is 3.21. The van der Waals surface area contributed by atoms with Crippen LogP contribution < -0.4 is 0 Å². The van der Waals surface area contributed by atoms with Crippen LogP contribution in [-0.4, -0.2) is 19.9 Å². The Morgan fingerprint density at radius 2 is 1.85 bits per heavy atom. The fourth-order valence-corrected chi connectivity index (χ4v) is 1.22. The molecule has 0 saturated heterocycles. The van der Waals surface area contributed by atoms with E-state index in [0.29, 0.717) is 0 Å². The molecule has 0 amide bonds. The van der Waals surface area contributed by atoms with Crippen LogP contribution in [0.3, 0.4) is 0 Å². The van der Waals surface area contributed by atoms with Crippen molar-refractivity contribution >= 4 is 0 Å². The van der Waals surface area contributed by atoms with Crippen LogP contribution in [0.15, 0.2) is 36.9 Å². The summed E-state index contributed by atoms with van der Waals surface area (Å²) in [5.41, 5.74) is 1.78. The first-order valence-corrected chi connectivity index (χ1v) is 3.95. The molecule has 13 heavy (non-hydrogen) atoms. The van der Waals surface area contributed by atoms with Gasteiger partial charge in [0.1, 0.15) is 12.7 Å². The highest BCUT2D eigenvalue weighted by molar-refractivity contribution is 5.39. The van der Waals surface area contributed by atoms with Gasteiger partial charge < -0.3 is 5.11 Å². The van der Waals surface area contributed by atoms with Gasteiger partial charge >= 0.3 is 0 Å². The quantitative estimate of drug-likeness (QED) is 0.733. The Bertz CT molecular complexity index is 384. The number of benzene rings is 1. The molecular formula is C9H9N3O. The Morgan fingerprint density at radius 1 is 1.15 bits per heavy atom. The van der Waals surface area contributed by atoms with Gasteiger partial charge in [-0.3, -0.25) is 4.57 Å². The predicted molar refractivity (Wildman–Crippen MR) is 47.3 cm³/mol. The van der Waals surface area contributed by atoms with Gasteiger partial charge in [-0.1, -0.05) is 18.2 Å². The SMILES string of the molecule is OCc1ccccc1-n1cnnc1. The first kappa shape index (κ1) is 7.94. The molecule has 0 unspecified atom stereocenters. The van der Waals surface area contributed by atoms with Gasteiger partial charge in [0.25, 0.3) is 0 Å². The van der Waals surface area contributed by atoms with Crippen molar-refractivity contribution in [3.05, 3.63) is 42.5 Å². The number of aromatic nitrogens is 3. The van der Waals surface area contributed by atoms with Gasteiger partial charge in [-0.15, -0.1) is 10.2 Å². The lowest BCUT2D eigenvalue weighted by atomic mass is 10.2. The van der Waals surface area contributed by atoms with Crippen molar-refractivity contribution < 1.29 is 5.11 Å². The number of nitrogens with zero attached hydrogens (tertiary/aromatic N) is 3. The minimum Gasteiger partial charge on any atom is -0.392 e. The van der Waals surface area contributed by atoms with E-state index in [4.69, 9.17) is 5.11 Å². The molecule has 2 rings (SSSR count). The van der Waals surface area contributed by atoms with E-state index in [1.807, 2.05) is 24.3 Å². The van der Waals surface area contributed by atoms with Gasteiger partial charge in [-0.05, 0) is 6.07 Å². The lowest BCUT2D eigenvalue weighted by molar-refractivity contribution is 0.281. The van der Waals surface area contributed by atoms with Gasteiger partial charge in [0, 0.05) is 5.56 Å². The third kappa shape index (κ3) is 1.43. The lowest BCUT2D eigenvalue weighted by Gasteiger charge is -2.05. The summed E-state index contributed by atoms with van der Waals surface area (Å²) in [6.45, 7) is 0.0222. The molecular weight excluding hydrogens is 166 g/mol. The highest BCUT2D eigenvalue weighted by atomic mass is 16.3. The average molecular weight is 175 g/mol. The molecule has 4 heteroatoms. The lowest BCUT2D eigenvalue weighted by Crippen LogP contribution is -1.96. The zero-order chi connectivity index (χ0) is 9.10. The van der Waals surface area contributed by atoms with E-state index in [1.165, 1.54) is 0 Å². The normalized spacial score (nSPS) is 10.2. The van der Waals surface area contributed by atoms with E-state index < -0.39 is 0 Å². The Morgan fingerprint density at radius 3 is 2.54 bits per heavy atom. The van der Waals surface area contributed by atoms with Crippen molar-refractivity contribution in [1.29, 1.82) is 0 Å². The summed E-state index contributed by atoms with van der Waals surface area (Å²) in [4.78, 5) is 0. The number of hydrogen-bond donors (Lipinski definition) is 1. The van der Waals surface area contributed by atoms with Crippen LogP contribution in [0, 0.1) is 0 Å². The number of para-hydroxylation sites is 1. The number of aliphatic hydroxyl groups is 1. The topological polar surface area (TPSA) is 50.9 Å². The minimum atomic E-state index is 0.0222. The van der Waals surface area contributed by atoms with Crippen molar-refractivity contribution in [2.75, 3.05) is 0 Å². The van der Waals surface area contributed by atoms with Crippen molar-refractivity contribution in [2.24, 2.45) is 0 Å². The molecule has 0 aliphatic carbocycles. The maximum Gasteiger partial charge on any atom is 0.123 e. The molecule has 0 bridgehead atoms. The highest BCUT2D eigenvalue weighted by Crippen LogP contribution is 2.12. The highest BCUT2D eigenvalue weighted by Gasteiger charge is 2.01. The summed E-state index contributed by atoms with van der Waals surface area (Å²) in [7, 11) is 0. The van der Waals surface area contributed by atoms with Crippen LogP contribution in [0.2, 0.25) is 0 Å². The summed E-state index contributed by atoms with van der Waals surface area (Å²) in [5.74, 6) is 0. The van der Waals surface area contributed by atoms with Crippen LogP contribution >= 0.6 is 0 Å². The molecule has 0 aliphatic heterocycles. The largest absolute Gasteiger partial charge is 0.392 e. The molecule has 0 atom stereocenters. The van der Waals surface area contributed by atoms with Gasteiger partial charge in [0.05, 0.1) is 12.3 Å². The van der Waals surface area contributed by atoms with Crippen LogP contribution in [0.5, 0.6) is 0 Å². The molecule has 0 aliphatic rings. The first-order chi connectivity index (χ1) is 6.42. The molecule has 1 N–H and O–H groups in total. The summed E-state index contributed by atoms with van der Waals surface area (Å²) in [5, 5.41) is 16.5. The molecule has 0 spiro atoms. The molecule has 1 aromatic carbocycles. The molecule has 1 heterocycles. The fraction of sp³-hybridized carbons (Fsp3) is 0.111.